The molecule has 1 rings (SSSR count). The zero-order valence-corrected chi connectivity index (χ0v) is 9.81. The summed E-state index contributed by atoms with van der Waals surface area (Å²) in [4.78, 5) is 44.4. The third-order valence-electron chi connectivity index (χ3n) is 2.47. The number of cyclic esters (lactones) is 2. The minimum Gasteiger partial charge on any atom is -0.481 e. The summed E-state index contributed by atoms with van der Waals surface area (Å²) in [5.41, 5.74) is 1.49. The maximum atomic E-state index is 11.4. The Kier molecular flexibility index (Phi) is 3.98. The van der Waals surface area contributed by atoms with Crippen LogP contribution >= 0.6 is 0 Å². The number of nitrogens with two attached hydrogens (primary N) is 1. The molecule has 0 aromatic rings. The summed E-state index contributed by atoms with van der Waals surface area (Å²) in [5, 5.41) is 36.3. The second-order valence-corrected chi connectivity index (χ2v) is 4.01. The lowest BCUT2D eigenvalue weighted by Gasteiger charge is -2.37. The summed E-state index contributed by atoms with van der Waals surface area (Å²) in [6.45, 7) is 0. The summed E-state index contributed by atoms with van der Waals surface area (Å²) < 4.78 is 8.75. The number of carbonyl (C=O) groups excluding carboxylic acids is 2. The Balaban J connectivity index is 3.36. The lowest BCUT2D eigenvalue weighted by Crippen LogP contribution is -2.69. The lowest BCUT2D eigenvalue weighted by atomic mass is 9.99. The number of aliphatic hydroxyl groups excluding tert-OH is 1. The first-order valence-corrected chi connectivity index (χ1v) is 5.11. The Morgan fingerprint density at radius 2 is 1.90 bits per heavy atom. The van der Waals surface area contributed by atoms with Crippen molar-refractivity contribution >= 4 is 23.9 Å². The highest BCUT2D eigenvalue weighted by Crippen LogP contribution is 2.32. The van der Waals surface area contributed by atoms with Crippen LogP contribution in [0.3, 0.4) is 0 Å². The van der Waals surface area contributed by atoms with Gasteiger partial charge in [0.1, 0.15) is 6.42 Å². The minimum atomic E-state index is -3.53. The minimum absolute atomic E-state index is 0.907. The molecule has 1 aliphatic heterocycles. The van der Waals surface area contributed by atoms with Crippen LogP contribution in [0, 0.1) is 0 Å². The van der Waals surface area contributed by atoms with Gasteiger partial charge in [-0.25, -0.2) is 9.59 Å². The molecule has 0 aliphatic carbocycles. The number of carbonyl (C=O) groups is 4. The molecule has 0 amide bonds. The van der Waals surface area contributed by atoms with Gasteiger partial charge in [0.05, 0.1) is 6.42 Å². The molecule has 1 heterocycles. The van der Waals surface area contributed by atoms with E-state index in [1.54, 1.807) is 0 Å². The second kappa shape index (κ2) is 5.03. The van der Waals surface area contributed by atoms with E-state index in [0.717, 1.165) is 0 Å². The molecule has 3 atom stereocenters. The highest BCUT2D eigenvalue weighted by atomic mass is 16.8. The van der Waals surface area contributed by atoms with Gasteiger partial charge in [0.25, 0.3) is 5.72 Å². The number of rotatable bonds is 4. The highest BCUT2D eigenvalue weighted by molar-refractivity contribution is 5.87. The zero-order valence-electron chi connectivity index (χ0n) is 9.81. The van der Waals surface area contributed by atoms with Gasteiger partial charge in [0, 0.05) is 0 Å². The largest absolute Gasteiger partial charge is 0.481 e. The van der Waals surface area contributed by atoms with Crippen LogP contribution in [0.5, 0.6) is 0 Å². The molecule has 1 fully saturated rings. The van der Waals surface area contributed by atoms with Crippen molar-refractivity contribution in [3.05, 3.63) is 0 Å². The molecular formula is C9H11NO10. The van der Waals surface area contributed by atoms with Gasteiger partial charge < -0.3 is 29.9 Å². The van der Waals surface area contributed by atoms with Crippen molar-refractivity contribution in [2.45, 2.75) is 30.5 Å². The standard InChI is InChI=1S/C9H11NO10/c10-9(18,7(16)17)8(2-4(12)13)19-5(14)1-3(11)6(15)20-8/h3,11,18H,1-2,10H2,(H,12,13)(H,16,17). The molecule has 0 radical (unpaired) electrons. The van der Waals surface area contributed by atoms with Crippen molar-refractivity contribution in [3.8, 4) is 0 Å². The maximum Gasteiger partial charge on any atom is 0.359 e. The monoisotopic (exact) mass is 293 g/mol. The van der Waals surface area contributed by atoms with E-state index in [2.05, 4.69) is 9.47 Å². The van der Waals surface area contributed by atoms with Crippen LogP contribution in [0.2, 0.25) is 0 Å². The molecule has 0 bridgehead atoms. The molecule has 1 saturated heterocycles. The zero-order chi connectivity index (χ0) is 15.7. The number of ether oxygens (including phenoxy) is 2. The summed E-state index contributed by atoms with van der Waals surface area (Å²) in [5.74, 6) is -10.1. The van der Waals surface area contributed by atoms with Crippen LogP contribution in [0.25, 0.3) is 0 Å². The number of hydrogen-bond donors (Lipinski definition) is 5. The number of aliphatic carboxylic acids is 2. The van der Waals surface area contributed by atoms with Crippen LogP contribution in [0.4, 0.5) is 0 Å². The van der Waals surface area contributed by atoms with Gasteiger partial charge in [-0.05, 0) is 0 Å². The van der Waals surface area contributed by atoms with E-state index in [9.17, 15) is 29.4 Å². The molecule has 112 valence electrons. The number of hydrogen-bond acceptors (Lipinski definition) is 9. The average molecular weight is 293 g/mol. The lowest BCUT2D eigenvalue weighted by molar-refractivity contribution is -0.288. The number of aliphatic hydroxyl groups is 2. The van der Waals surface area contributed by atoms with Crippen molar-refractivity contribution in [2.24, 2.45) is 5.73 Å². The number of esters is 2. The molecule has 0 spiro atoms. The average Bonchev–Trinajstić information content (AvgIpc) is 2.36. The number of carboxylic acid groups (broad SMARTS) is 2. The van der Waals surface area contributed by atoms with Crippen LogP contribution in [-0.2, 0) is 28.7 Å². The fraction of sp³-hybridized carbons (Fsp3) is 0.556. The van der Waals surface area contributed by atoms with E-state index in [1.165, 1.54) is 0 Å². The molecule has 0 aromatic heterocycles. The van der Waals surface area contributed by atoms with Gasteiger partial charge in [0.15, 0.2) is 6.10 Å². The Morgan fingerprint density at radius 1 is 1.35 bits per heavy atom. The highest BCUT2D eigenvalue weighted by Gasteiger charge is 2.63. The molecule has 0 aromatic carbocycles. The van der Waals surface area contributed by atoms with Gasteiger partial charge in [-0.3, -0.25) is 15.3 Å². The quantitative estimate of drug-likeness (QED) is 0.258. The number of carboxylic acids is 2. The van der Waals surface area contributed by atoms with E-state index in [4.69, 9.17) is 15.9 Å². The molecule has 6 N–H and O–H groups in total. The van der Waals surface area contributed by atoms with Gasteiger partial charge in [-0.1, -0.05) is 0 Å². The Labute approximate surface area is 110 Å². The predicted molar refractivity (Wildman–Crippen MR) is 54.6 cm³/mol. The van der Waals surface area contributed by atoms with Crippen LogP contribution in [0.15, 0.2) is 0 Å². The third kappa shape index (κ3) is 2.68. The first-order valence-electron chi connectivity index (χ1n) is 5.11. The van der Waals surface area contributed by atoms with Crippen molar-refractivity contribution in [1.29, 1.82) is 0 Å². The van der Waals surface area contributed by atoms with Crippen molar-refractivity contribution in [2.75, 3.05) is 0 Å². The van der Waals surface area contributed by atoms with Gasteiger partial charge in [-0.2, -0.15) is 0 Å². The molecule has 20 heavy (non-hydrogen) atoms. The van der Waals surface area contributed by atoms with Crippen molar-refractivity contribution in [3.63, 3.8) is 0 Å². The third-order valence-corrected chi connectivity index (χ3v) is 2.47. The van der Waals surface area contributed by atoms with E-state index in [1.807, 2.05) is 0 Å². The normalized spacial score (nSPS) is 29.6. The predicted octanol–water partition coefficient (Wildman–Crippen LogP) is -3.26. The van der Waals surface area contributed by atoms with Crippen molar-refractivity contribution < 1.29 is 49.1 Å². The summed E-state index contributed by atoms with van der Waals surface area (Å²) in [6, 6.07) is 0. The summed E-state index contributed by atoms with van der Waals surface area (Å²) >= 11 is 0. The van der Waals surface area contributed by atoms with E-state index in [-0.39, 0.29) is 0 Å². The summed E-state index contributed by atoms with van der Waals surface area (Å²) in [6.07, 6.45) is -4.34. The maximum absolute atomic E-state index is 11.4. The summed E-state index contributed by atoms with van der Waals surface area (Å²) in [7, 11) is 0. The van der Waals surface area contributed by atoms with Gasteiger partial charge in [-0.15, -0.1) is 0 Å². The smallest absolute Gasteiger partial charge is 0.359 e. The van der Waals surface area contributed by atoms with Crippen LogP contribution < -0.4 is 5.73 Å². The molecule has 11 nitrogen and oxygen atoms in total. The molecule has 3 unspecified atom stereocenters. The topological polar surface area (TPSA) is 194 Å². The van der Waals surface area contributed by atoms with Gasteiger partial charge in [0.2, 0.25) is 0 Å². The Hall–Kier alpha value is -2.24. The molecule has 1 aliphatic rings. The van der Waals surface area contributed by atoms with E-state index >= 15 is 0 Å². The molecule has 0 saturated carbocycles. The van der Waals surface area contributed by atoms with Crippen LogP contribution in [0.1, 0.15) is 12.8 Å². The fourth-order valence-electron chi connectivity index (χ4n) is 1.44. The SMILES string of the molecule is NC(O)(C(=O)O)C1(CC(=O)O)OC(=O)CC(O)C(=O)O1. The van der Waals surface area contributed by atoms with Crippen LogP contribution in [-0.4, -0.2) is 61.9 Å². The second-order valence-electron chi connectivity index (χ2n) is 4.01. The van der Waals surface area contributed by atoms with Gasteiger partial charge >= 0.3 is 29.7 Å². The Bertz CT molecular complexity index is 471. The Morgan fingerprint density at radius 3 is 2.35 bits per heavy atom. The first-order chi connectivity index (χ1) is 9.02. The molecular weight excluding hydrogens is 282 g/mol. The first kappa shape index (κ1) is 15.8. The van der Waals surface area contributed by atoms with E-state index in [0.29, 0.717) is 0 Å². The van der Waals surface area contributed by atoms with Crippen molar-refractivity contribution in [1.82, 2.24) is 0 Å². The fourth-order valence-corrected chi connectivity index (χ4v) is 1.44. The molecule has 11 heteroatoms. The van der Waals surface area contributed by atoms with E-state index < -0.39 is 54.3 Å².